The van der Waals surface area contributed by atoms with Crippen LogP contribution in [0.25, 0.3) is 10.9 Å². The molecule has 2 aromatic rings. The van der Waals surface area contributed by atoms with Crippen molar-refractivity contribution in [2.45, 2.75) is 0 Å². The molecule has 12 heavy (non-hydrogen) atoms. The number of rotatable bonds is 0. The number of halogens is 1. The molecule has 0 fully saturated rings. The standard InChI is InChI=1S/C8H5ClN2O/c9-6-2-1-3-7-5(6)4-8(12)11-10-7/h1-4H,(H,11,12). The van der Waals surface area contributed by atoms with Crippen LogP contribution in [0.2, 0.25) is 5.02 Å². The second kappa shape index (κ2) is 2.60. The van der Waals surface area contributed by atoms with E-state index in [4.69, 9.17) is 11.6 Å². The van der Waals surface area contributed by atoms with Gasteiger partial charge in [0.05, 0.1) is 10.5 Å². The van der Waals surface area contributed by atoms with Gasteiger partial charge >= 0.3 is 0 Å². The Morgan fingerprint density at radius 3 is 3.08 bits per heavy atom. The lowest BCUT2D eigenvalue weighted by atomic mass is 10.2. The topological polar surface area (TPSA) is 45.8 Å². The molecule has 0 unspecified atom stereocenters. The third-order valence-corrected chi connectivity index (χ3v) is 1.92. The Morgan fingerprint density at radius 2 is 2.25 bits per heavy atom. The molecule has 1 heterocycles. The lowest BCUT2D eigenvalue weighted by Crippen LogP contribution is -2.05. The van der Waals surface area contributed by atoms with Gasteiger partial charge in [-0.1, -0.05) is 17.7 Å². The summed E-state index contributed by atoms with van der Waals surface area (Å²) in [5.74, 6) is 0. The molecule has 1 N–H and O–H groups in total. The quantitative estimate of drug-likeness (QED) is 0.669. The molecule has 1 aromatic heterocycles. The van der Waals surface area contributed by atoms with E-state index in [-0.39, 0.29) is 5.56 Å². The van der Waals surface area contributed by atoms with Crippen LogP contribution in [0.1, 0.15) is 0 Å². The van der Waals surface area contributed by atoms with Crippen molar-refractivity contribution in [3.05, 3.63) is 39.6 Å². The van der Waals surface area contributed by atoms with E-state index in [1.807, 2.05) is 0 Å². The number of H-pyrrole nitrogens is 1. The first-order chi connectivity index (χ1) is 5.77. The monoisotopic (exact) mass is 180 g/mol. The molecule has 0 aliphatic rings. The van der Waals surface area contributed by atoms with E-state index in [9.17, 15) is 4.79 Å². The van der Waals surface area contributed by atoms with Crippen molar-refractivity contribution >= 4 is 22.5 Å². The van der Waals surface area contributed by atoms with Gasteiger partial charge < -0.3 is 0 Å². The van der Waals surface area contributed by atoms with Crippen LogP contribution >= 0.6 is 11.6 Å². The minimum absolute atomic E-state index is 0.240. The number of hydrogen-bond acceptors (Lipinski definition) is 2. The van der Waals surface area contributed by atoms with Gasteiger partial charge in [0.2, 0.25) is 0 Å². The highest BCUT2D eigenvalue weighted by molar-refractivity contribution is 6.35. The van der Waals surface area contributed by atoms with E-state index in [0.717, 1.165) is 0 Å². The first-order valence-electron chi connectivity index (χ1n) is 3.41. The first-order valence-corrected chi connectivity index (χ1v) is 3.79. The molecule has 2 rings (SSSR count). The Bertz CT molecular complexity index is 478. The number of aromatic amines is 1. The molecule has 60 valence electrons. The summed E-state index contributed by atoms with van der Waals surface area (Å²) in [6.45, 7) is 0. The van der Waals surface area contributed by atoms with Crippen molar-refractivity contribution in [3.63, 3.8) is 0 Å². The Hall–Kier alpha value is -1.35. The van der Waals surface area contributed by atoms with Gasteiger partial charge in [0, 0.05) is 11.5 Å². The fraction of sp³-hybridized carbons (Fsp3) is 0. The van der Waals surface area contributed by atoms with Gasteiger partial charge in [-0.05, 0) is 12.1 Å². The van der Waals surface area contributed by atoms with Crippen molar-refractivity contribution in [1.82, 2.24) is 10.2 Å². The number of nitrogens with zero attached hydrogens (tertiary/aromatic N) is 1. The normalized spacial score (nSPS) is 10.4. The lowest BCUT2D eigenvalue weighted by molar-refractivity contribution is 1.03. The Balaban J connectivity index is 2.97. The summed E-state index contributed by atoms with van der Waals surface area (Å²) in [6.07, 6.45) is 0. The van der Waals surface area contributed by atoms with Crippen molar-refractivity contribution < 1.29 is 0 Å². The Labute approximate surface area is 73.0 Å². The number of benzene rings is 1. The minimum atomic E-state index is -0.240. The summed E-state index contributed by atoms with van der Waals surface area (Å²) in [6, 6.07) is 6.74. The van der Waals surface area contributed by atoms with Crippen LogP contribution in [0.3, 0.4) is 0 Å². The maximum Gasteiger partial charge on any atom is 0.264 e. The molecular formula is C8H5ClN2O. The van der Waals surface area contributed by atoms with E-state index >= 15 is 0 Å². The molecule has 0 aliphatic heterocycles. The van der Waals surface area contributed by atoms with Gasteiger partial charge in [0.15, 0.2) is 0 Å². The predicted octanol–water partition coefficient (Wildman–Crippen LogP) is 1.58. The highest BCUT2D eigenvalue weighted by atomic mass is 35.5. The highest BCUT2D eigenvalue weighted by Crippen LogP contribution is 2.18. The summed E-state index contributed by atoms with van der Waals surface area (Å²) in [5.41, 5.74) is 0.456. The summed E-state index contributed by atoms with van der Waals surface area (Å²) in [5, 5.41) is 7.39. The number of fused-ring (bicyclic) bond motifs is 1. The van der Waals surface area contributed by atoms with Crippen LogP contribution in [0.5, 0.6) is 0 Å². The van der Waals surface area contributed by atoms with Crippen LogP contribution in [0.4, 0.5) is 0 Å². The molecule has 0 amide bonds. The summed E-state index contributed by atoms with van der Waals surface area (Å²) in [4.78, 5) is 10.9. The van der Waals surface area contributed by atoms with Crippen LogP contribution in [-0.4, -0.2) is 10.2 Å². The maximum atomic E-state index is 10.9. The fourth-order valence-corrected chi connectivity index (χ4v) is 1.27. The second-order valence-electron chi connectivity index (χ2n) is 2.40. The van der Waals surface area contributed by atoms with E-state index in [0.29, 0.717) is 15.9 Å². The SMILES string of the molecule is O=c1cc2c(Cl)cccc2n[nH]1. The van der Waals surface area contributed by atoms with E-state index in [1.165, 1.54) is 6.07 Å². The third-order valence-electron chi connectivity index (χ3n) is 1.59. The zero-order chi connectivity index (χ0) is 8.55. The molecule has 0 aliphatic carbocycles. The highest BCUT2D eigenvalue weighted by Gasteiger charge is 1.98. The van der Waals surface area contributed by atoms with Gasteiger partial charge in [-0.25, -0.2) is 5.10 Å². The molecule has 0 saturated heterocycles. The van der Waals surface area contributed by atoms with Gasteiger partial charge in [-0.3, -0.25) is 4.79 Å². The molecule has 0 atom stereocenters. The largest absolute Gasteiger partial charge is 0.268 e. The van der Waals surface area contributed by atoms with E-state index in [2.05, 4.69) is 10.2 Å². The molecule has 3 nitrogen and oxygen atoms in total. The Kier molecular flexibility index (Phi) is 1.59. The number of nitrogens with one attached hydrogen (secondary N) is 1. The molecule has 0 spiro atoms. The van der Waals surface area contributed by atoms with Crippen LogP contribution < -0.4 is 5.56 Å². The van der Waals surface area contributed by atoms with Crippen molar-refractivity contribution in [2.24, 2.45) is 0 Å². The number of aromatic nitrogens is 2. The van der Waals surface area contributed by atoms with Gasteiger partial charge in [-0.2, -0.15) is 5.10 Å². The smallest absolute Gasteiger partial charge is 0.264 e. The Morgan fingerprint density at radius 1 is 1.42 bits per heavy atom. The summed E-state index contributed by atoms with van der Waals surface area (Å²) >= 11 is 5.84. The van der Waals surface area contributed by atoms with E-state index in [1.54, 1.807) is 18.2 Å². The van der Waals surface area contributed by atoms with Crippen LogP contribution in [0.15, 0.2) is 29.1 Å². The zero-order valence-electron chi connectivity index (χ0n) is 6.04. The van der Waals surface area contributed by atoms with Crippen molar-refractivity contribution in [3.8, 4) is 0 Å². The molecule has 0 bridgehead atoms. The first kappa shape index (κ1) is 7.31. The van der Waals surface area contributed by atoms with E-state index < -0.39 is 0 Å². The third kappa shape index (κ3) is 1.08. The molecule has 1 aromatic carbocycles. The summed E-state index contributed by atoms with van der Waals surface area (Å²) in [7, 11) is 0. The molecule has 0 saturated carbocycles. The molecule has 4 heteroatoms. The lowest BCUT2D eigenvalue weighted by Gasteiger charge is -1.95. The van der Waals surface area contributed by atoms with Crippen molar-refractivity contribution in [2.75, 3.05) is 0 Å². The minimum Gasteiger partial charge on any atom is -0.268 e. The van der Waals surface area contributed by atoms with Gasteiger partial charge in [0.1, 0.15) is 0 Å². The van der Waals surface area contributed by atoms with Gasteiger partial charge in [0.25, 0.3) is 5.56 Å². The second-order valence-corrected chi connectivity index (χ2v) is 2.81. The average molecular weight is 181 g/mol. The summed E-state index contributed by atoms with van der Waals surface area (Å²) < 4.78 is 0. The van der Waals surface area contributed by atoms with Crippen LogP contribution in [0, 0.1) is 0 Å². The fourth-order valence-electron chi connectivity index (χ4n) is 1.04. The number of hydrogen-bond donors (Lipinski definition) is 1. The van der Waals surface area contributed by atoms with Gasteiger partial charge in [-0.15, -0.1) is 0 Å². The zero-order valence-corrected chi connectivity index (χ0v) is 6.80. The molecular weight excluding hydrogens is 176 g/mol. The van der Waals surface area contributed by atoms with Crippen molar-refractivity contribution in [1.29, 1.82) is 0 Å². The maximum absolute atomic E-state index is 10.9. The average Bonchev–Trinajstić information content (AvgIpc) is 2.07. The predicted molar refractivity (Wildman–Crippen MR) is 47.4 cm³/mol. The molecule has 0 radical (unpaired) electrons. The van der Waals surface area contributed by atoms with Crippen LogP contribution in [-0.2, 0) is 0 Å².